The van der Waals surface area contributed by atoms with Gasteiger partial charge < -0.3 is 14.8 Å². The van der Waals surface area contributed by atoms with Crippen LogP contribution in [0.1, 0.15) is 33.2 Å². The molecule has 3 aromatic rings. The number of rotatable bonds is 6. The third-order valence-corrected chi connectivity index (χ3v) is 4.25. The zero-order chi connectivity index (χ0) is 18.0. The van der Waals surface area contributed by atoms with Gasteiger partial charge in [0.1, 0.15) is 0 Å². The Morgan fingerprint density at radius 3 is 2.56 bits per heavy atom. The van der Waals surface area contributed by atoms with Crippen molar-refractivity contribution in [3.63, 3.8) is 0 Å². The highest BCUT2D eigenvalue weighted by molar-refractivity contribution is 5.87. The molecule has 6 heteroatoms. The quantitative estimate of drug-likeness (QED) is 0.730. The zero-order valence-corrected chi connectivity index (χ0v) is 15.3. The molecular formula is C19H25N6. The largest absolute Gasteiger partial charge is 0.351 e. The van der Waals surface area contributed by atoms with Gasteiger partial charge in [0.05, 0.1) is 6.33 Å². The second-order valence-corrected chi connectivity index (χ2v) is 6.43. The molecule has 2 aromatic heterocycles. The molecule has 0 unspecified atom stereocenters. The summed E-state index contributed by atoms with van der Waals surface area (Å²) in [5.41, 5.74) is 2.67. The maximum absolute atomic E-state index is 4.73. The second-order valence-electron chi connectivity index (χ2n) is 6.43. The van der Waals surface area contributed by atoms with Crippen LogP contribution in [-0.2, 0) is 0 Å². The van der Waals surface area contributed by atoms with E-state index in [4.69, 9.17) is 9.97 Å². The first kappa shape index (κ1) is 17.2. The number of nitrogens with one attached hydrogen (secondary N) is 1. The van der Waals surface area contributed by atoms with Crippen molar-refractivity contribution in [1.29, 1.82) is 0 Å². The third-order valence-electron chi connectivity index (χ3n) is 4.25. The summed E-state index contributed by atoms with van der Waals surface area (Å²) in [6, 6.07) is 10.5. The summed E-state index contributed by atoms with van der Waals surface area (Å²) in [5, 5.41) is 3.29. The Morgan fingerprint density at radius 2 is 1.92 bits per heavy atom. The molecule has 0 saturated heterocycles. The van der Waals surface area contributed by atoms with Crippen molar-refractivity contribution in [3.05, 3.63) is 43.6 Å². The minimum absolute atomic E-state index is 0.0581. The van der Waals surface area contributed by atoms with Gasteiger partial charge in [0.15, 0.2) is 17.0 Å². The number of fused-ring (bicyclic) bond motifs is 1. The molecule has 1 atom stereocenters. The molecule has 0 aliphatic carbocycles. The van der Waals surface area contributed by atoms with Crippen molar-refractivity contribution in [1.82, 2.24) is 19.5 Å². The lowest BCUT2D eigenvalue weighted by Crippen LogP contribution is -2.19. The fraction of sp³-hybridized carbons (Fsp3) is 0.368. The maximum atomic E-state index is 4.73. The summed E-state index contributed by atoms with van der Waals surface area (Å²) < 4.78 is 2.06. The molecule has 131 valence electrons. The Balaban J connectivity index is 2.15. The van der Waals surface area contributed by atoms with Gasteiger partial charge in [-0.25, -0.2) is 4.98 Å². The number of nitrogens with zero attached hydrogens (tertiary/aromatic N) is 5. The lowest BCUT2D eigenvalue weighted by Gasteiger charge is -2.20. The number of hydrogen-bond acceptors (Lipinski definition) is 5. The molecule has 0 aliphatic rings. The zero-order valence-electron chi connectivity index (χ0n) is 15.3. The lowest BCUT2D eigenvalue weighted by atomic mass is 10.3. The number of imidazole rings is 1. The van der Waals surface area contributed by atoms with Gasteiger partial charge in [-0.1, -0.05) is 25.1 Å². The molecule has 2 heterocycles. The van der Waals surface area contributed by atoms with Gasteiger partial charge in [0, 0.05) is 24.8 Å². The first-order chi connectivity index (χ1) is 12.0. The van der Waals surface area contributed by atoms with Crippen LogP contribution in [0, 0.1) is 6.92 Å². The average Bonchev–Trinajstić information content (AvgIpc) is 3.05. The number of hydrogen-bond donors (Lipinski definition) is 1. The predicted octanol–water partition coefficient (Wildman–Crippen LogP) is 4.20. The standard InChI is InChI=1S/C19H25N6/c1-6-14(4)21-19-22-17(24(5)15-10-8-7-9-11-15)16-18(23-19)25(12-20-16)13(2)3/h7-14H,4,6H2,1-3,5H3,(H,21,22,23)/t14-/m1/s1. The van der Waals surface area contributed by atoms with Crippen LogP contribution in [0.25, 0.3) is 11.2 Å². The van der Waals surface area contributed by atoms with Crippen LogP contribution in [0.15, 0.2) is 36.7 Å². The minimum Gasteiger partial charge on any atom is -0.351 e. The Bertz CT molecular complexity index is 840. The van der Waals surface area contributed by atoms with Crippen LogP contribution >= 0.6 is 0 Å². The van der Waals surface area contributed by atoms with Crippen molar-refractivity contribution in [2.75, 3.05) is 17.3 Å². The van der Waals surface area contributed by atoms with E-state index >= 15 is 0 Å². The van der Waals surface area contributed by atoms with E-state index in [-0.39, 0.29) is 12.1 Å². The molecule has 0 fully saturated rings. The van der Waals surface area contributed by atoms with Crippen LogP contribution in [-0.4, -0.2) is 32.6 Å². The molecule has 0 aliphatic heterocycles. The highest BCUT2D eigenvalue weighted by atomic mass is 15.3. The number of benzene rings is 1. The molecule has 1 aromatic carbocycles. The molecular weight excluding hydrogens is 312 g/mol. The molecule has 0 spiro atoms. The van der Waals surface area contributed by atoms with Gasteiger partial charge in [-0.3, -0.25) is 0 Å². The predicted molar refractivity (Wildman–Crippen MR) is 103 cm³/mol. The van der Waals surface area contributed by atoms with E-state index < -0.39 is 0 Å². The molecule has 1 radical (unpaired) electrons. The highest BCUT2D eigenvalue weighted by Crippen LogP contribution is 2.30. The highest BCUT2D eigenvalue weighted by Gasteiger charge is 2.18. The van der Waals surface area contributed by atoms with E-state index in [1.807, 2.05) is 36.5 Å². The van der Waals surface area contributed by atoms with Crippen LogP contribution < -0.4 is 10.2 Å². The Labute approximate surface area is 148 Å². The normalized spacial score (nSPS) is 12.6. The fourth-order valence-corrected chi connectivity index (χ4v) is 2.64. The Morgan fingerprint density at radius 1 is 1.20 bits per heavy atom. The van der Waals surface area contributed by atoms with Gasteiger partial charge in [0.2, 0.25) is 5.95 Å². The number of aromatic nitrogens is 4. The molecule has 1 N–H and O–H groups in total. The average molecular weight is 337 g/mol. The van der Waals surface area contributed by atoms with Crippen LogP contribution in [0.4, 0.5) is 17.5 Å². The van der Waals surface area contributed by atoms with E-state index in [9.17, 15) is 0 Å². The molecule has 3 rings (SSSR count). The first-order valence-electron chi connectivity index (χ1n) is 8.64. The van der Waals surface area contributed by atoms with Crippen molar-refractivity contribution >= 4 is 28.6 Å². The molecule has 25 heavy (non-hydrogen) atoms. The van der Waals surface area contributed by atoms with Gasteiger partial charge in [-0.2, -0.15) is 9.97 Å². The fourth-order valence-electron chi connectivity index (χ4n) is 2.64. The SMILES string of the molecule is [CH2][C@H](CC)Nc1nc(N(C)c2ccccc2)c2ncn(C(C)C)c2n1. The first-order valence-corrected chi connectivity index (χ1v) is 8.64. The van der Waals surface area contributed by atoms with E-state index in [0.29, 0.717) is 5.95 Å². The van der Waals surface area contributed by atoms with Crippen molar-refractivity contribution in [2.45, 2.75) is 39.3 Å². The van der Waals surface area contributed by atoms with Crippen molar-refractivity contribution in [3.8, 4) is 0 Å². The maximum Gasteiger partial charge on any atom is 0.227 e. The van der Waals surface area contributed by atoms with E-state index in [0.717, 1.165) is 29.1 Å². The Kier molecular flexibility index (Phi) is 4.88. The van der Waals surface area contributed by atoms with Gasteiger partial charge in [0.25, 0.3) is 0 Å². The summed E-state index contributed by atoms with van der Waals surface area (Å²) in [5.74, 6) is 1.36. The van der Waals surface area contributed by atoms with Crippen molar-refractivity contribution in [2.24, 2.45) is 0 Å². The summed E-state index contributed by atoms with van der Waals surface area (Å²) >= 11 is 0. The molecule has 0 saturated carbocycles. The summed E-state index contributed by atoms with van der Waals surface area (Å²) in [7, 11) is 2.00. The van der Waals surface area contributed by atoms with Crippen LogP contribution in [0.2, 0.25) is 0 Å². The van der Waals surface area contributed by atoms with E-state index in [1.54, 1.807) is 0 Å². The summed E-state index contributed by atoms with van der Waals surface area (Å²) in [6.45, 7) is 10.4. The van der Waals surface area contributed by atoms with Gasteiger partial charge in [-0.15, -0.1) is 0 Å². The van der Waals surface area contributed by atoms with Gasteiger partial charge >= 0.3 is 0 Å². The third kappa shape index (κ3) is 3.43. The van der Waals surface area contributed by atoms with E-state index in [2.05, 4.69) is 54.7 Å². The Hall–Kier alpha value is -2.63. The lowest BCUT2D eigenvalue weighted by molar-refractivity contribution is 0.612. The van der Waals surface area contributed by atoms with Crippen LogP contribution in [0.3, 0.4) is 0 Å². The number of anilines is 3. The topological polar surface area (TPSA) is 58.9 Å². The number of para-hydroxylation sites is 1. The molecule has 6 nitrogen and oxygen atoms in total. The van der Waals surface area contributed by atoms with Crippen molar-refractivity contribution < 1.29 is 0 Å². The molecule has 0 bridgehead atoms. The molecule has 0 amide bonds. The van der Waals surface area contributed by atoms with E-state index in [1.165, 1.54) is 0 Å². The monoisotopic (exact) mass is 337 g/mol. The second kappa shape index (κ2) is 7.09. The summed E-state index contributed by atoms with van der Waals surface area (Å²) in [4.78, 5) is 16.0. The minimum atomic E-state index is 0.0581. The van der Waals surface area contributed by atoms with Crippen LogP contribution in [0.5, 0.6) is 0 Å². The summed E-state index contributed by atoms with van der Waals surface area (Å²) in [6.07, 6.45) is 2.73. The smallest absolute Gasteiger partial charge is 0.227 e. The van der Waals surface area contributed by atoms with Gasteiger partial charge in [-0.05, 0) is 39.3 Å².